The van der Waals surface area contributed by atoms with E-state index < -0.39 is 11.2 Å². The number of hydrogen-bond donors (Lipinski definition) is 4. The van der Waals surface area contributed by atoms with Crippen LogP contribution in [0, 0.1) is 0 Å². The molecule has 0 aliphatic heterocycles. The fourth-order valence-electron chi connectivity index (χ4n) is 1.83. The largest absolute Gasteiger partial charge is 0.326 e. The molecule has 8 nitrogen and oxygen atoms in total. The molecule has 0 bridgehead atoms. The van der Waals surface area contributed by atoms with Crippen LogP contribution in [0.4, 0.5) is 11.4 Å². The molecule has 1 aromatic heterocycles. The molecule has 1 heterocycles. The zero-order chi connectivity index (χ0) is 16.1. The number of aromatic amines is 2. The smallest absolute Gasteiger partial charge is 0.325 e. The lowest BCUT2D eigenvalue weighted by Crippen LogP contribution is -2.25. The van der Waals surface area contributed by atoms with Gasteiger partial charge in [0.1, 0.15) is 0 Å². The van der Waals surface area contributed by atoms with Crippen LogP contribution < -0.4 is 21.9 Å². The monoisotopic (exact) mass is 302 g/mol. The second-order valence-electron chi connectivity index (χ2n) is 4.60. The maximum Gasteiger partial charge on any atom is 0.325 e. The molecular weight excluding hydrogens is 288 g/mol. The molecule has 0 unspecified atom stereocenters. The van der Waals surface area contributed by atoms with Crippen LogP contribution in [-0.4, -0.2) is 21.8 Å². The summed E-state index contributed by atoms with van der Waals surface area (Å²) in [5, 5.41) is 5.23. The van der Waals surface area contributed by atoms with E-state index in [1.165, 1.54) is 6.92 Å². The van der Waals surface area contributed by atoms with Crippen molar-refractivity contribution in [1.82, 2.24) is 9.97 Å². The Kier molecular flexibility index (Phi) is 4.52. The van der Waals surface area contributed by atoms with Gasteiger partial charge < -0.3 is 15.6 Å². The van der Waals surface area contributed by atoms with Gasteiger partial charge in [-0.3, -0.25) is 19.4 Å². The fraction of sp³-hybridized carbons (Fsp3) is 0.143. The lowest BCUT2D eigenvalue weighted by molar-refractivity contribution is -0.116. The number of H-pyrrole nitrogens is 2. The minimum atomic E-state index is -0.657. The van der Waals surface area contributed by atoms with Crippen LogP contribution in [0.5, 0.6) is 0 Å². The summed E-state index contributed by atoms with van der Waals surface area (Å²) >= 11 is 0. The quantitative estimate of drug-likeness (QED) is 0.644. The predicted octanol–water partition coefficient (Wildman–Crippen LogP) is 0.203. The molecule has 2 amide bonds. The molecular formula is C14H14N4O4. The Bertz CT molecular complexity index is 776. The minimum Gasteiger partial charge on any atom is -0.326 e. The van der Waals surface area contributed by atoms with Gasteiger partial charge in [-0.1, -0.05) is 0 Å². The number of anilines is 2. The molecule has 1 aromatic carbocycles. The highest BCUT2D eigenvalue weighted by molar-refractivity contribution is 5.93. The van der Waals surface area contributed by atoms with Crippen molar-refractivity contribution in [2.75, 3.05) is 10.6 Å². The first kappa shape index (κ1) is 15.2. The zero-order valence-electron chi connectivity index (χ0n) is 11.7. The molecule has 0 saturated heterocycles. The summed E-state index contributed by atoms with van der Waals surface area (Å²) in [5.74, 6) is -0.566. The predicted molar refractivity (Wildman–Crippen MR) is 80.8 cm³/mol. The normalized spacial score (nSPS) is 10.0. The molecule has 0 aliphatic rings. The zero-order valence-corrected chi connectivity index (χ0v) is 11.7. The van der Waals surface area contributed by atoms with Gasteiger partial charge in [-0.05, 0) is 24.3 Å². The molecule has 114 valence electrons. The average Bonchev–Trinajstić information content (AvgIpc) is 2.39. The van der Waals surface area contributed by atoms with E-state index in [0.29, 0.717) is 11.4 Å². The molecule has 0 spiro atoms. The summed E-state index contributed by atoms with van der Waals surface area (Å²) in [4.78, 5) is 49.4. The molecule has 2 aromatic rings. The van der Waals surface area contributed by atoms with Crippen molar-refractivity contribution >= 4 is 23.2 Å². The van der Waals surface area contributed by atoms with Crippen molar-refractivity contribution in [3.63, 3.8) is 0 Å². The SMILES string of the molecule is CC(=O)Nc1ccc(NC(=O)Cc2cc(=O)[nH]c(=O)[nH]2)cc1. The van der Waals surface area contributed by atoms with E-state index in [4.69, 9.17) is 0 Å². The van der Waals surface area contributed by atoms with Crippen LogP contribution >= 0.6 is 0 Å². The van der Waals surface area contributed by atoms with Gasteiger partial charge in [0.25, 0.3) is 5.56 Å². The summed E-state index contributed by atoms with van der Waals surface area (Å²) in [6.45, 7) is 1.40. The van der Waals surface area contributed by atoms with Crippen molar-refractivity contribution in [3.05, 3.63) is 56.9 Å². The maximum atomic E-state index is 11.9. The van der Waals surface area contributed by atoms with E-state index >= 15 is 0 Å². The molecule has 0 atom stereocenters. The highest BCUT2D eigenvalue weighted by Crippen LogP contribution is 2.13. The van der Waals surface area contributed by atoms with Gasteiger partial charge in [0.05, 0.1) is 6.42 Å². The van der Waals surface area contributed by atoms with E-state index in [-0.39, 0.29) is 23.9 Å². The van der Waals surface area contributed by atoms with E-state index in [9.17, 15) is 19.2 Å². The second-order valence-corrected chi connectivity index (χ2v) is 4.60. The van der Waals surface area contributed by atoms with E-state index in [1.54, 1.807) is 24.3 Å². The van der Waals surface area contributed by atoms with Gasteiger partial charge in [0.2, 0.25) is 11.8 Å². The first-order valence-electron chi connectivity index (χ1n) is 6.42. The number of carbonyl (C=O) groups excluding carboxylic acids is 2. The number of benzene rings is 1. The third-order valence-electron chi connectivity index (χ3n) is 2.66. The first-order valence-corrected chi connectivity index (χ1v) is 6.42. The average molecular weight is 302 g/mol. The van der Waals surface area contributed by atoms with Crippen molar-refractivity contribution in [3.8, 4) is 0 Å². The molecule has 22 heavy (non-hydrogen) atoms. The summed E-state index contributed by atoms with van der Waals surface area (Å²) in [7, 11) is 0. The Morgan fingerprint density at radius 2 is 1.59 bits per heavy atom. The Morgan fingerprint density at radius 3 is 2.14 bits per heavy atom. The van der Waals surface area contributed by atoms with Crippen molar-refractivity contribution in [2.24, 2.45) is 0 Å². The summed E-state index contributed by atoms with van der Waals surface area (Å²) in [5.41, 5.74) is 0.151. The molecule has 8 heteroatoms. The molecule has 0 fully saturated rings. The van der Waals surface area contributed by atoms with E-state index in [2.05, 4.69) is 15.6 Å². The molecule has 0 saturated carbocycles. The van der Waals surface area contributed by atoms with Gasteiger partial charge in [0, 0.05) is 30.1 Å². The third-order valence-corrected chi connectivity index (χ3v) is 2.66. The Hall–Kier alpha value is -3.16. The summed E-state index contributed by atoms with van der Waals surface area (Å²) < 4.78 is 0. The van der Waals surface area contributed by atoms with E-state index in [0.717, 1.165) is 6.07 Å². The molecule has 0 aliphatic carbocycles. The minimum absolute atomic E-state index is 0.132. The first-order chi connectivity index (χ1) is 10.4. The lowest BCUT2D eigenvalue weighted by atomic mass is 10.2. The Morgan fingerprint density at radius 1 is 1.00 bits per heavy atom. The highest BCUT2D eigenvalue weighted by Gasteiger charge is 2.06. The summed E-state index contributed by atoms with van der Waals surface area (Å²) in [6, 6.07) is 7.70. The van der Waals surface area contributed by atoms with E-state index in [1.807, 2.05) is 4.98 Å². The van der Waals surface area contributed by atoms with Crippen molar-refractivity contribution < 1.29 is 9.59 Å². The number of carbonyl (C=O) groups is 2. The highest BCUT2D eigenvalue weighted by atomic mass is 16.2. The van der Waals surface area contributed by atoms with Crippen LogP contribution in [0.1, 0.15) is 12.6 Å². The second kappa shape index (κ2) is 6.53. The molecule has 2 rings (SSSR count). The molecule has 4 N–H and O–H groups in total. The van der Waals surface area contributed by atoms with Crippen LogP contribution in [-0.2, 0) is 16.0 Å². The van der Waals surface area contributed by atoms with Gasteiger partial charge in [-0.2, -0.15) is 0 Å². The van der Waals surface area contributed by atoms with Crippen LogP contribution in [0.15, 0.2) is 39.9 Å². The molecule has 0 radical (unpaired) electrons. The summed E-state index contributed by atoms with van der Waals surface area (Å²) in [6.07, 6.45) is -0.132. The number of hydrogen-bond acceptors (Lipinski definition) is 4. The number of nitrogens with one attached hydrogen (secondary N) is 4. The fourth-order valence-corrected chi connectivity index (χ4v) is 1.83. The third kappa shape index (κ3) is 4.44. The van der Waals surface area contributed by atoms with Crippen molar-refractivity contribution in [2.45, 2.75) is 13.3 Å². The standard InChI is InChI=1S/C14H14N4O4/c1-8(19)15-9-2-4-10(5-3-9)16-12(20)6-11-7-13(21)18-14(22)17-11/h2-5,7H,6H2,1H3,(H,15,19)(H,16,20)(H2,17,18,21,22). The Labute approximate surface area is 124 Å². The van der Waals surface area contributed by atoms with Gasteiger partial charge >= 0.3 is 5.69 Å². The van der Waals surface area contributed by atoms with Crippen LogP contribution in [0.2, 0.25) is 0 Å². The van der Waals surface area contributed by atoms with Crippen LogP contribution in [0.3, 0.4) is 0 Å². The lowest BCUT2D eigenvalue weighted by Gasteiger charge is -2.07. The topological polar surface area (TPSA) is 124 Å². The van der Waals surface area contributed by atoms with Crippen LogP contribution in [0.25, 0.3) is 0 Å². The number of amides is 2. The van der Waals surface area contributed by atoms with Gasteiger partial charge in [-0.15, -0.1) is 0 Å². The maximum absolute atomic E-state index is 11.9. The number of aromatic nitrogens is 2. The Balaban J connectivity index is 2.01. The van der Waals surface area contributed by atoms with Gasteiger partial charge in [-0.25, -0.2) is 4.79 Å². The number of rotatable bonds is 4. The van der Waals surface area contributed by atoms with Crippen molar-refractivity contribution in [1.29, 1.82) is 0 Å². The van der Waals surface area contributed by atoms with Gasteiger partial charge in [0.15, 0.2) is 0 Å².